The van der Waals surface area contributed by atoms with E-state index in [1.54, 1.807) is 23.9 Å². The van der Waals surface area contributed by atoms with Gasteiger partial charge in [0.15, 0.2) is 5.79 Å². The van der Waals surface area contributed by atoms with Crippen molar-refractivity contribution in [1.82, 2.24) is 4.98 Å². The lowest BCUT2D eigenvalue weighted by Crippen LogP contribution is -2.27. The van der Waals surface area contributed by atoms with Crippen molar-refractivity contribution in [2.45, 2.75) is 23.5 Å². The van der Waals surface area contributed by atoms with Gasteiger partial charge in [0, 0.05) is 28.5 Å². The minimum Gasteiger partial charge on any atom is -0.343 e. The Labute approximate surface area is 156 Å². The molecular formula is C21H20FNO2S. The average molecular weight is 369 g/mol. The zero-order valence-electron chi connectivity index (χ0n) is 14.4. The molecule has 134 valence electrons. The third-order valence-corrected chi connectivity index (χ3v) is 5.67. The molecule has 3 aromatic rings. The van der Waals surface area contributed by atoms with Crippen LogP contribution in [0, 0.1) is 5.82 Å². The van der Waals surface area contributed by atoms with Crippen LogP contribution in [0.25, 0.3) is 10.9 Å². The zero-order valence-corrected chi connectivity index (χ0v) is 15.2. The van der Waals surface area contributed by atoms with Crippen LogP contribution in [-0.4, -0.2) is 24.0 Å². The molecule has 1 aliphatic heterocycles. The molecule has 3 nitrogen and oxygen atoms in total. The van der Waals surface area contributed by atoms with Gasteiger partial charge in [0.2, 0.25) is 0 Å². The van der Waals surface area contributed by atoms with Crippen molar-refractivity contribution in [3.05, 3.63) is 72.2 Å². The molecule has 0 bridgehead atoms. The molecule has 1 saturated heterocycles. The normalized spacial score (nSPS) is 16.2. The first kappa shape index (κ1) is 17.5. The van der Waals surface area contributed by atoms with Gasteiger partial charge in [0.25, 0.3) is 0 Å². The number of hydrogen-bond donors (Lipinski definition) is 0. The molecular weight excluding hydrogens is 349 g/mol. The minimum absolute atomic E-state index is 0.249. The molecule has 0 amide bonds. The van der Waals surface area contributed by atoms with Crippen molar-refractivity contribution in [2.75, 3.05) is 19.0 Å². The van der Waals surface area contributed by atoms with E-state index in [-0.39, 0.29) is 5.82 Å². The Balaban J connectivity index is 1.42. The van der Waals surface area contributed by atoms with E-state index in [2.05, 4.69) is 29.2 Å². The molecule has 2 aromatic carbocycles. The van der Waals surface area contributed by atoms with Gasteiger partial charge in [-0.05, 0) is 36.4 Å². The van der Waals surface area contributed by atoms with Crippen LogP contribution >= 0.6 is 11.8 Å². The third-order valence-electron chi connectivity index (χ3n) is 4.54. The lowest BCUT2D eigenvalue weighted by Gasteiger charge is -2.28. The number of thioether (sulfide) groups is 1. The number of ether oxygens (including phenoxy) is 2. The predicted octanol–water partition coefficient (Wildman–Crippen LogP) is 5.15. The Bertz CT molecular complexity index is 873. The number of para-hydroxylation sites is 1. The maximum absolute atomic E-state index is 13.2. The number of hydrogen-bond acceptors (Lipinski definition) is 4. The highest BCUT2D eigenvalue weighted by molar-refractivity contribution is 7.99. The fraction of sp³-hybridized carbons (Fsp3) is 0.286. The standard InChI is InChI=1S/C21H20FNO2S/c22-18-9-7-17(8-10-18)21(24-13-14-25-21)11-3-15-26-19-6-1-4-16-5-2-12-23-20(16)19/h1-2,4-10,12H,3,11,13-15H2. The largest absolute Gasteiger partial charge is 0.343 e. The monoisotopic (exact) mass is 369 g/mol. The molecule has 0 unspecified atom stereocenters. The number of fused-ring (bicyclic) bond motifs is 1. The van der Waals surface area contributed by atoms with Gasteiger partial charge in [-0.25, -0.2) is 4.39 Å². The predicted molar refractivity (Wildman–Crippen MR) is 102 cm³/mol. The molecule has 4 rings (SSSR count). The highest BCUT2D eigenvalue weighted by Crippen LogP contribution is 2.37. The Hall–Kier alpha value is -1.95. The number of aromatic nitrogens is 1. The molecule has 1 aliphatic rings. The Morgan fingerprint density at radius 2 is 1.77 bits per heavy atom. The lowest BCUT2D eigenvalue weighted by atomic mass is 10.0. The van der Waals surface area contributed by atoms with Crippen LogP contribution in [0.2, 0.25) is 0 Å². The fourth-order valence-electron chi connectivity index (χ4n) is 3.29. The number of halogens is 1. The first-order chi connectivity index (χ1) is 12.8. The summed E-state index contributed by atoms with van der Waals surface area (Å²) in [5, 5.41) is 1.16. The van der Waals surface area contributed by atoms with Crippen molar-refractivity contribution >= 4 is 22.7 Å². The van der Waals surface area contributed by atoms with E-state index in [4.69, 9.17) is 9.47 Å². The van der Waals surface area contributed by atoms with Gasteiger partial charge < -0.3 is 9.47 Å². The number of pyridine rings is 1. The summed E-state index contributed by atoms with van der Waals surface area (Å²) in [7, 11) is 0. The van der Waals surface area contributed by atoms with E-state index in [0.717, 1.165) is 35.1 Å². The van der Waals surface area contributed by atoms with Crippen molar-refractivity contribution in [3.63, 3.8) is 0 Å². The van der Waals surface area contributed by atoms with Crippen LogP contribution in [0.15, 0.2) is 65.7 Å². The summed E-state index contributed by atoms with van der Waals surface area (Å²) < 4.78 is 25.1. The van der Waals surface area contributed by atoms with Gasteiger partial charge in [-0.1, -0.05) is 30.3 Å². The molecule has 1 fully saturated rings. The molecule has 0 aliphatic carbocycles. The smallest absolute Gasteiger partial charge is 0.195 e. The molecule has 26 heavy (non-hydrogen) atoms. The Kier molecular flexibility index (Phi) is 5.20. The van der Waals surface area contributed by atoms with E-state index < -0.39 is 5.79 Å². The molecule has 1 aromatic heterocycles. The average Bonchev–Trinajstić information content (AvgIpc) is 3.16. The van der Waals surface area contributed by atoms with E-state index in [1.807, 2.05) is 12.3 Å². The molecule has 0 saturated carbocycles. The number of benzene rings is 2. The van der Waals surface area contributed by atoms with Crippen LogP contribution in [0.5, 0.6) is 0 Å². The van der Waals surface area contributed by atoms with Gasteiger partial charge in [-0.15, -0.1) is 11.8 Å². The maximum atomic E-state index is 13.2. The highest BCUT2D eigenvalue weighted by Gasteiger charge is 2.37. The van der Waals surface area contributed by atoms with Gasteiger partial charge >= 0.3 is 0 Å². The zero-order chi connectivity index (χ0) is 17.8. The van der Waals surface area contributed by atoms with E-state index in [1.165, 1.54) is 17.0 Å². The summed E-state index contributed by atoms with van der Waals surface area (Å²) in [6.07, 6.45) is 3.49. The first-order valence-corrected chi connectivity index (χ1v) is 9.76. The molecule has 2 heterocycles. The van der Waals surface area contributed by atoms with Crippen molar-refractivity contribution in [3.8, 4) is 0 Å². The van der Waals surface area contributed by atoms with Crippen molar-refractivity contribution < 1.29 is 13.9 Å². The van der Waals surface area contributed by atoms with Gasteiger partial charge in [-0.2, -0.15) is 0 Å². The number of rotatable bonds is 6. The van der Waals surface area contributed by atoms with Gasteiger partial charge in [0.05, 0.1) is 18.7 Å². The SMILES string of the molecule is Fc1ccc(C2(CCCSc3cccc4cccnc34)OCCO2)cc1. The summed E-state index contributed by atoms with van der Waals surface area (Å²) in [6.45, 7) is 1.13. The minimum atomic E-state index is -0.745. The van der Waals surface area contributed by atoms with Crippen LogP contribution in [0.4, 0.5) is 4.39 Å². The van der Waals surface area contributed by atoms with E-state index in [0.29, 0.717) is 13.2 Å². The molecule has 0 radical (unpaired) electrons. The second-order valence-corrected chi connectivity index (χ2v) is 7.38. The fourth-order valence-corrected chi connectivity index (χ4v) is 4.28. The highest BCUT2D eigenvalue weighted by atomic mass is 32.2. The topological polar surface area (TPSA) is 31.4 Å². The van der Waals surface area contributed by atoms with Crippen LogP contribution < -0.4 is 0 Å². The summed E-state index contributed by atoms with van der Waals surface area (Å²) in [4.78, 5) is 5.69. The van der Waals surface area contributed by atoms with E-state index in [9.17, 15) is 4.39 Å². The van der Waals surface area contributed by atoms with Crippen molar-refractivity contribution in [1.29, 1.82) is 0 Å². The van der Waals surface area contributed by atoms with Crippen LogP contribution in [0.3, 0.4) is 0 Å². The third kappa shape index (κ3) is 3.61. The molecule has 0 atom stereocenters. The Morgan fingerprint density at radius 1 is 1.00 bits per heavy atom. The van der Waals surface area contributed by atoms with Gasteiger partial charge in [-0.3, -0.25) is 4.98 Å². The first-order valence-electron chi connectivity index (χ1n) is 8.77. The van der Waals surface area contributed by atoms with Gasteiger partial charge in [0.1, 0.15) is 5.82 Å². The quantitative estimate of drug-likeness (QED) is 0.444. The van der Waals surface area contributed by atoms with Crippen molar-refractivity contribution in [2.24, 2.45) is 0 Å². The van der Waals surface area contributed by atoms with Crippen LogP contribution in [-0.2, 0) is 15.3 Å². The van der Waals surface area contributed by atoms with E-state index >= 15 is 0 Å². The Morgan fingerprint density at radius 3 is 2.58 bits per heavy atom. The lowest BCUT2D eigenvalue weighted by molar-refractivity contribution is -0.170. The number of nitrogens with zero attached hydrogens (tertiary/aromatic N) is 1. The van der Waals surface area contributed by atoms with Crippen LogP contribution in [0.1, 0.15) is 18.4 Å². The summed E-state index contributed by atoms with van der Waals surface area (Å²) in [5.74, 6) is -0.0581. The molecule has 0 N–H and O–H groups in total. The summed E-state index contributed by atoms with van der Waals surface area (Å²) >= 11 is 1.80. The second-order valence-electron chi connectivity index (χ2n) is 6.24. The molecule has 0 spiro atoms. The summed E-state index contributed by atoms with van der Waals surface area (Å²) in [5.41, 5.74) is 1.93. The summed E-state index contributed by atoms with van der Waals surface area (Å²) in [6, 6.07) is 16.7. The molecule has 5 heteroatoms. The second kappa shape index (κ2) is 7.74. The maximum Gasteiger partial charge on any atom is 0.195 e.